The molecule has 25 heavy (non-hydrogen) atoms. The topological polar surface area (TPSA) is 17.8 Å². The molecule has 148 valence electrons. The molecule has 1 rings (SSSR count). The van der Waals surface area contributed by atoms with Crippen molar-refractivity contribution in [2.45, 2.75) is 69.8 Å². The summed E-state index contributed by atoms with van der Waals surface area (Å²) in [5.41, 5.74) is -10.4. The maximum atomic E-state index is 10.8. The number of imidazole rings is 1. The first kappa shape index (κ1) is 26.1. The average molecular weight is 392 g/mol. The van der Waals surface area contributed by atoms with Crippen LogP contribution in [-0.2, 0) is 0 Å². The second-order valence-corrected chi connectivity index (χ2v) is 6.08. The Morgan fingerprint density at radius 3 is 1.56 bits per heavy atom. The molecule has 0 aliphatic heterocycles. The Kier molecular flexibility index (Phi) is 15.8. The van der Waals surface area contributed by atoms with Crippen LogP contribution in [0.25, 0.3) is 6.20 Å². The highest BCUT2D eigenvalue weighted by molar-refractivity contribution is 8.00. The van der Waals surface area contributed by atoms with Gasteiger partial charge in [-0.1, -0.05) is 65.4 Å². The summed E-state index contributed by atoms with van der Waals surface area (Å²) in [5, 5.41) is 0. The molecule has 0 atom stereocenters. The number of hydrogen-bond acceptors (Lipinski definition) is 2. The summed E-state index contributed by atoms with van der Waals surface area (Å²) in [7, 11) is 0. The lowest BCUT2D eigenvalue weighted by molar-refractivity contribution is -0.0696. The van der Waals surface area contributed by atoms with Gasteiger partial charge < -0.3 is 4.57 Å². The molecule has 0 saturated carbocycles. The number of rotatable bonds is 7. The van der Waals surface area contributed by atoms with Crippen LogP contribution < -0.4 is 0 Å². The van der Waals surface area contributed by atoms with Gasteiger partial charge in [-0.05, 0) is 0 Å². The summed E-state index contributed by atoms with van der Waals surface area (Å²) in [6, 6.07) is 0. The van der Waals surface area contributed by atoms with Crippen LogP contribution in [0.1, 0.15) is 58.8 Å². The minimum absolute atomic E-state index is 1.37. The molecule has 1 aromatic rings. The molecular weight excluding hydrogens is 366 g/mol. The zero-order valence-corrected chi connectivity index (χ0v) is 15.4. The summed E-state index contributed by atoms with van der Waals surface area (Å²) in [6.07, 6.45) is 16.9. The fourth-order valence-corrected chi connectivity index (χ4v) is 1.80. The molecule has 0 bridgehead atoms. The lowest BCUT2D eigenvalue weighted by Crippen LogP contribution is -2.11. The van der Waals surface area contributed by atoms with Crippen molar-refractivity contribution in [3.8, 4) is 0 Å². The first-order valence-electron chi connectivity index (χ1n) is 7.99. The highest BCUT2D eigenvalue weighted by Crippen LogP contribution is 2.43. The third-order valence-electron chi connectivity index (χ3n) is 2.67. The maximum absolute atomic E-state index is 10.8. The van der Waals surface area contributed by atoms with Crippen molar-refractivity contribution in [1.82, 2.24) is 9.55 Å². The molecule has 1 heterocycles. The molecule has 0 fully saturated rings. The fraction of sp³-hybridized carbons (Fsp3) is 0.688. The van der Waals surface area contributed by atoms with Gasteiger partial charge in [-0.2, -0.15) is 26.3 Å². The number of hydrogen-bond donors (Lipinski definition) is 0. The van der Waals surface area contributed by atoms with Crippen LogP contribution in [0.3, 0.4) is 0 Å². The molecule has 0 N–H and O–H groups in total. The van der Waals surface area contributed by atoms with Crippen molar-refractivity contribution in [3.05, 3.63) is 25.3 Å². The average Bonchev–Trinajstić information content (AvgIpc) is 2.98. The van der Waals surface area contributed by atoms with Gasteiger partial charge in [0.05, 0.1) is 18.1 Å². The van der Waals surface area contributed by atoms with Gasteiger partial charge in [0.1, 0.15) is 0 Å². The van der Waals surface area contributed by atoms with Crippen molar-refractivity contribution in [2.75, 3.05) is 0 Å². The van der Waals surface area contributed by atoms with Crippen LogP contribution in [0.4, 0.5) is 26.3 Å². The Morgan fingerprint density at radius 1 is 0.920 bits per heavy atom. The standard InChI is InChI=1S/C9H20.C5H6N2.C2F6S/c1-3-5-7-9-8-6-4-2;1-2-7-4-3-6-5-7;3-1(4,5)9-2(6,7)8/h3-9H2,1-2H3;2-5H,1H2;. The van der Waals surface area contributed by atoms with Gasteiger partial charge in [0, 0.05) is 18.6 Å². The van der Waals surface area contributed by atoms with Crippen molar-refractivity contribution in [1.29, 1.82) is 0 Å². The van der Waals surface area contributed by atoms with Gasteiger partial charge >= 0.3 is 11.0 Å². The van der Waals surface area contributed by atoms with Crippen molar-refractivity contribution in [3.63, 3.8) is 0 Å². The first-order chi connectivity index (χ1) is 11.6. The van der Waals surface area contributed by atoms with Gasteiger partial charge in [-0.25, -0.2) is 4.98 Å². The quantitative estimate of drug-likeness (QED) is 0.353. The van der Waals surface area contributed by atoms with Crippen LogP contribution >= 0.6 is 11.8 Å². The zero-order valence-electron chi connectivity index (χ0n) is 14.5. The smallest absolute Gasteiger partial charge is 0.314 e. The Bertz CT molecular complexity index is 384. The van der Waals surface area contributed by atoms with Crippen LogP contribution in [0.5, 0.6) is 0 Å². The lowest BCUT2D eigenvalue weighted by atomic mass is 10.1. The van der Waals surface area contributed by atoms with E-state index < -0.39 is 22.8 Å². The second kappa shape index (κ2) is 15.2. The highest BCUT2D eigenvalue weighted by Gasteiger charge is 2.45. The summed E-state index contributed by atoms with van der Waals surface area (Å²) in [6.45, 7) is 8.05. The number of halogens is 6. The summed E-state index contributed by atoms with van der Waals surface area (Å²) < 4.78 is 66.5. The van der Waals surface area contributed by atoms with Crippen LogP contribution in [0.2, 0.25) is 0 Å². The van der Waals surface area contributed by atoms with Crippen LogP contribution in [0.15, 0.2) is 25.3 Å². The molecule has 0 aromatic carbocycles. The molecule has 0 saturated heterocycles. The van der Waals surface area contributed by atoms with E-state index in [1.54, 1.807) is 23.3 Å². The molecule has 0 aliphatic carbocycles. The monoisotopic (exact) mass is 392 g/mol. The van der Waals surface area contributed by atoms with E-state index in [0.717, 1.165) is 0 Å². The SMILES string of the molecule is C=Cn1ccnc1.CCCCCCCCC.FC(F)(F)SC(F)(F)F. The third-order valence-corrected chi connectivity index (χ3v) is 3.14. The van der Waals surface area contributed by atoms with Gasteiger partial charge in [-0.3, -0.25) is 0 Å². The zero-order chi connectivity index (χ0) is 19.8. The highest BCUT2D eigenvalue weighted by atomic mass is 32.2. The Balaban J connectivity index is 0. The van der Waals surface area contributed by atoms with Gasteiger partial charge in [0.2, 0.25) is 0 Å². The van der Waals surface area contributed by atoms with Gasteiger partial charge in [0.25, 0.3) is 0 Å². The van der Waals surface area contributed by atoms with Crippen LogP contribution in [-0.4, -0.2) is 20.6 Å². The van der Waals surface area contributed by atoms with E-state index in [9.17, 15) is 26.3 Å². The number of nitrogens with zero attached hydrogens (tertiary/aromatic N) is 2. The number of unbranched alkanes of at least 4 members (excludes halogenated alkanes) is 6. The Labute approximate surface area is 149 Å². The number of aromatic nitrogens is 2. The van der Waals surface area contributed by atoms with Crippen molar-refractivity contribution < 1.29 is 26.3 Å². The van der Waals surface area contributed by atoms with Crippen molar-refractivity contribution >= 4 is 18.0 Å². The molecule has 1 aromatic heterocycles. The molecular formula is C16H26F6N2S. The Hall–Kier alpha value is -1.12. The van der Waals surface area contributed by atoms with Crippen LogP contribution in [0, 0.1) is 0 Å². The molecule has 0 radical (unpaired) electrons. The molecule has 0 amide bonds. The summed E-state index contributed by atoms with van der Waals surface area (Å²) in [5.74, 6) is 0. The van der Waals surface area contributed by atoms with E-state index in [2.05, 4.69) is 25.4 Å². The largest absolute Gasteiger partial charge is 0.450 e. The number of alkyl halides is 6. The summed E-state index contributed by atoms with van der Waals surface area (Å²) >= 11 is -1.99. The first-order valence-corrected chi connectivity index (χ1v) is 8.81. The Morgan fingerprint density at radius 2 is 1.36 bits per heavy atom. The van der Waals surface area contributed by atoms with E-state index in [4.69, 9.17) is 0 Å². The third kappa shape index (κ3) is 25.2. The van der Waals surface area contributed by atoms with Gasteiger partial charge in [-0.15, -0.1) is 0 Å². The predicted molar refractivity (Wildman–Crippen MR) is 92.0 cm³/mol. The number of thioether (sulfide) groups is 1. The minimum Gasteiger partial charge on any atom is -0.314 e. The molecule has 2 nitrogen and oxygen atoms in total. The lowest BCUT2D eigenvalue weighted by Gasteiger charge is -2.06. The molecule has 0 unspecified atom stereocenters. The predicted octanol–water partition coefficient (Wildman–Crippen LogP) is 7.50. The van der Waals surface area contributed by atoms with E-state index in [-0.39, 0.29) is 0 Å². The normalized spacial score (nSPS) is 11.0. The fourth-order valence-electron chi connectivity index (χ4n) is 1.54. The molecule has 0 aliphatic rings. The van der Waals surface area contributed by atoms with E-state index in [0.29, 0.717) is 0 Å². The van der Waals surface area contributed by atoms with Gasteiger partial charge in [0.15, 0.2) is 0 Å². The second-order valence-electron chi connectivity index (χ2n) is 4.95. The van der Waals surface area contributed by atoms with E-state index >= 15 is 0 Å². The van der Waals surface area contributed by atoms with E-state index in [1.807, 2.05) is 6.20 Å². The maximum Gasteiger partial charge on any atom is 0.450 e. The van der Waals surface area contributed by atoms with E-state index in [1.165, 1.54) is 44.9 Å². The molecule has 0 spiro atoms. The summed E-state index contributed by atoms with van der Waals surface area (Å²) in [4.78, 5) is 3.78. The minimum atomic E-state index is -5.22. The molecule has 9 heteroatoms. The van der Waals surface area contributed by atoms with Crippen molar-refractivity contribution in [2.24, 2.45) is 0 Å².